The molecule has 1 saturated heterocycles. The molecule has 1 aliphatic heterocycles. The van der Waals surface area contributed by atoms with Crippen molar-refractivity contribution in [1.82, 2.24) is 4.90 Å². The van der Waals surface area contributed by atoms with E-state index in [2.05, 4.69) is 57.6 Å². The van der Waals surface area contributed by atoms with Crippen LogP contribution < -0.4 is 10.2 Å². The largest absolute Gasteiger partial charge is 0.369 e. The molecule has 30 heavy (non-hydrogen) atoms. The third-order valence-corrected chi connectivity index (χ3v) is 6.47. The molecule has 0 aliphatic carbocycles. The Kier molecular flexibility index (Phi) is 6.26. The van der Waals surface area contributed by atoms with Gasteiger partial charge in [-0.1, -0.05) is 30.3 Å². The number of amides is 1. The van der Waals surface area contributed by atoms with E-state index in [0.717, 1.165) is 38.4 Å². The van der Waals surface area contributed by atoms with Crippen LogP contribution in [0.3, 0.4) is 0 Å². The predicted molar refractivity (Wildman–Crippen MR) is 123 cm³/mol. The fraction of sp³-hybridized carbons (Fsp3) is 0.250. The number of rotatable bonds is 6. The third kappa shape index (κ3) is 4.96. The first-order chi connectivity index (χ1) is 14.6. The second-order valence-corrected chi connectivity index (χ2v) is 8.55. The lowest BCUT2D eigenvalue weighted by molar-refractivity contribution is 0.101. The van der Waals surface area contributed by atoms with E-state index >= 15 is 0 Å². The summed E-state index contributed by atoms with van der Waals surface area (Å²) in [6.45, 7) is 6.54. The quantitative estimate of drug-likeness (QED) is 0.597. The number of thiophene rings is 1. The maximum Gasteiger partial charge on any atom is 0.265 e. The van der Waals surface area contributed by atoms with Crippen LogP contribution in [0.15, 0.2) is 66.7 Å². The normalized spacial score (nSPS) is 14.5. The monoisotopic (exact) mass is 419 g/mol. The number of ketones is 1. The molecule has 0 saturated carbocycles. The van der Waals surface area contributed by atoms with E-state index in [1.807, 2.05) is 12.1 Å². The zero-order chi connectivity index (χ0) is 20.9. The van der Waals surface area contributed by atoms with E-state index in [4.69, 9.17) is 0 Å². The molecule has 2 aromatic carbocycles. The second kappa shape index (κ2) is 9.24. The van der Waals surface area contributed by atoms with Crippen LogP contribution in [0.25, 0.3) is 0 Å². The van der Waals surface area contributed by atoms with Crippen molar-refractivity contribution >= 4 is 34.4 Å². The van der Waals surface area contributed by atoms with Crippen molar-refractivity contribution in [1.29, 1.82) is 0 Å². The molecule has 0 unspecified atom stereocenters. The van der Waals surface area contributed by atoms with Crippen LogP contribution in [-0.2, 0) is 6.54 Å². The average Bonchev–Trinajstić information content (AvgIpc) is 3.27. The van der Waals surface area contributed by atoms with E-state index in [-0.39, 0.29) is 11.7 Å². The summed E-state index contributed by atoms with van der Waals surface area (Å²) in [5, 5.41) is 2.91. The lowest BCUT2D eigenvalue weighted by Crippen LogP contribution is -2.45. The van der Waals surface area contributed by atoms with Gasteiger partial charge in [0, 0.05) is 44.1 Å². The van der Waals surface area contributed by atoms with Gasteiger partial charge in [-0.05, 0) is 48.9 Å². The zero-order valence-electron chi connectivity index (χ0n) is 17.0. The minimum atomic E-state index is -0.185. The number of anilines is 2. The molecule has 154 valence electrons. The van der Waals surface area contributed by atoms with Crippen molar-refractivity contribution in [2.45, 2.75) is 13.5 Å². The summed E-state index contributed by atoms with van der Waals surface area (Å²) < 4.78 is 0. The molecular weight excluding hydrogens is 394 g/mol. The van der Waals surface area contributed by atoms with Crippen molar-refractivity contribution in [2.75, 3.05) is 36.4 Å². The van der Waals surface area contributed by atoms with Gasteiger partial charge >= 0.3 is 0 Å². The molecule has 2 heterocycles. The number of piperazine rings is 1. The lowest BCUT2D eigenvalue weighted by Gasteiger charge is -2.36. The maximum atomic E-state index is 12.4. The minimum Gasteiger partial charge on any atom is -0.369 e. The molecule has 6 heteroatoms. The van der Waals surface area contributed by atoms with Gasteiger partial charge in [0.15, 0.2) is 5.78 Å². The predicted octanol–water partition coefficient (Wildman–Crippen LogP) is 4.53. The molecule has 1 aliphatic rings. The molecule has 0 radical (unpaired) electrons. The number of carbonyl (C=O) groups is 2. The highest BCUT2D eigenvalue weighted by molar-refractivity contribution is 7.16. The Hall–Kier alpha value is -2.96. The SMILES string of the molecule is CC(=O)c1ccc(C(=O)Nc2ccc(N3CCN(Cc4ccccc4)CC3)cc2)s1. The van der Waals surface area contributed by atoms with Crippen molar-refractivity contribution < 1.29 is 9.59 Å². The van der Waals surface area contributed by atoms with Gasteiger partial charge < -0.3 is 10.2 Å². The molecule has 1 fully saturated rings. The topological polar surface area (TPSA) is 52.7 Å². The van der Waals surface area contributed by atoms with Crippen molar-refractivity contribution in [3.63, 3.8) is 0 Å². The van der Waals surface area contributed by atoms with E-state index in [1.165, 1.54) is 29.5 Å². The Bertz CT molecular complexity index is 1010. The summed E-state index contributed by atoms with van der Waals surface area (Å²) in [6, 6.07) is 22.0. The highest BCUT2D eigenvalue weighted by Gasteiger charge is 2.17. The Morgan fingerprint density at radius 1 is 0.867 bits per heavy atom. The van der Waals surface area contributed by atoms with Crippen molar-refractivity contribution in [3.8, 4) is 0 Å². The van der Waals surface area contributed by atoms with Gasteiger partial charge in [-0.2, -0.15) is 0 Å². The van der Waals surface area contributed by atoms with Gasteiger partial charge in [0.05, 0.1) is 9.75 Å². The minimum absolute atomic E-state index is 0.0210. The van der Waals surface area contributed by atoms with Crippen LogP contribution in [-0.4, -0.2) is 42.8 Å². The molecule has 5 nitrogen and oxygen atoms in total. The second-order valence-electron chi connectivity index (χ2n) is 7.47. The van der Waals surface area contributed by atoms with Gasteiger partial charge in [0.1, 0.15) is 0 Å². The number of hydrogen-bond acceptors (Lipinski definition) is 5. The fourth-order valence-corrected chi connectivity index (χ4v) is 4.40. The fourth-order valence-electron chi connectivity index (χ4n) is 3.60. The molecule has 0 bridgehead atoms. The number of carbonyl (C=O) groups excluding carboxylic acids is 2. The third-order valence-electron chi connectivity index (χ3n) is 5.29. The number of nitrogens with zero attached hydrogens (tertiary/aromatic N) is 2. The number of benzene rings is 2. The van der Waals surface area contributed by atoms with Crippen LogP contribution in [0.5, 0.6) is 0 Å². The highest BCUT2D eigenvalue weighted by Crippen LogP contribution is 2.22. The number of nitrogens with one attached hydrogen (secondary N) is 1. The van der Waals surface area contributed by atoms with Gasteiger partial charge in [0.25, 0.3) is 5.91 Å². The summed E-state index contributed by atoms with van der Waals surface area (Å²) in [7, 11) is 0. The lowest BCUT2D eigenvalue weighted by atomic mass is 10.2. The summed E-state index contributed by atoms with van der Waals surface area (Å²) in [5.41, 5.74) is 3.28. The van der Waals surface area contributed by atoms with Gasteiger partial charge in [-0.25, -0.2) is 0 Å². The van der Waals surface area contributed by atoms with Crippen LogP contribution in [0.2, 0.25) is 0 Å². The van der Waals surface area contributed by atoms with Crippen molar-refractivity contribution in [3.05, 3.63) is 82.0 Å². The van der Waals surface area contributed by atoms with Crippen LogP contribution in [0, 0.1) is 0 Å². The first kappa shape index (κ1) is 20.3. The average molecular weight is 420 g/mol. The summed E-state index contributed by atoms with van der Waals surface area (Å²) >= 11 is 1.22. The van der Waals surface area contributed by atoms with Crippen LogP contribution in [0.4, 0.5) is 11.4 Å². The first-order valence-corrected chi connectivity index (χ1v) is 10.9. The molecule has 0 atom stereocenters. The molecule has 4 rings (SSSR count). The Labute approximate surface area is 180 Å². The standard InChI is InChI=1S/C24H25N3O2S/c1-18(28)22-11-12-23(30-22)24(29)25-20-7-9-21(10-8-20)27-15-13-26(14-16-27)17-19-5-3-2-4-6-19/h2-12H,13-17H2,1H3,(H,25,29). The summed E-state index contributed by atoms with van der Waals surface area (Å²) in [5.74, 6) is -0.206. The Morgan fingerprint density at radius 3 is 2.17 bits per heavy atom. The van der Waals surface area contributed by atoms with Crippen molar-refractivity contribution in [2.24, 2.45) is 0 Å². The highest BCUT2D eigenvalue weighted by atomic mass is 32.1. The molecule has 3 aromatic rings. The number of hydrogen-bond donors (Lipinski definition) is 1. The number of Topliss-reactive ketones (excluding diaryl/α,β-unsaturated/α-hetero) is 1. The summed E-state index contributed by atoms with van der Waals surface area (Å²) in [4.78, 5) is 29.8. The first-order valence-electron chi connectivity index (χ1n) is 10.1. The van der Waals surface area contributed by atoms with Gasteiger partial charge in [-0.3, -0.25) is 14.5 Å². The van der Waals surface area contributed by atoms with Gasteiger partial charge in [-0.15, -0.1) is 11.3 Å². The van der Waals surface area contributed by atoms with Crippen LogP contribution >= 0.6 is 11.3 Å². The molecule has 0 spiro atoms. The maximum absolute atomic E-state index is 12.4. The Morgan fingerprint density at radius 2 is 1.53 bits per heavy atom. The molecular formula is C24H25N3O2S. The van der Waals surface area contributed by atoms with E-state index in [9.17, 15) is 9.59 Å². The molecule has 1 aromatic heterocycles. The summed E-state index contributed by atoms with van der Waals surface area (Å²) in [6.07, 6.45) is 0. The smallest absolute Gasteiger partial charge is 0.265 e. The van der Waals surface area contributed by atoms with Crippen LogP contribution in [0.1, 0.15) is 31.8 Å². The van der Waals surface area contributed by atoms with E-state index < -0.39 is 0 Å². The Balaban J connectivity index is 1.30. The molecule has 1 N–H and O–H groups in total. The molecule has 1 amide bonds. The van der Waals surface area contributed by atoms with E-state index in [1.54, 1.807) is 12.1 Å². The zero-order valence-corrected chi connectivity index (χ0v) is 17.8. The van der Waals surface area contributed by atoms with Gasteiger partial charge in [0.2, 0.25) is 0 Å². The van der Waals surface area contributed by atoms with E-state index in [0.29, 0.717) is 9.75 Å².